The number of imidazole rings is 1. The van der Waals surface area contributed by atoms with E-state index in [1.807, 2.05) is 28.8 Å². The van der Waals surface area contributed by atoms with Crippen molar-refractivity contribution in [3.63, 3.8) is 0 Å². The molecule has 0 amide bonds. The molecule has 25 heavy (non-hydrogen) atoms. The summed E-state index contributed by atoms with van der Waals surface area (Å²) >= 11 is 0. The fourth-order valence-corrected chi connectivity index (χ4v) is 2.90. The smallest absolute Gasteiger partial charge is 0.191 e. The molecule has 2 aromatic rings. The van der Waals surface area contributed by atoms with Crippen molar-refractivity contribution in [3.05, 3.63) is 36.3 Å². The Morgan fingerprint density at radius 1 is 1.28 bits per heavy atom. The average Bonchev–Trinajstić information content (AvgIpc) is 3.02. The van der Waals surface area contributed by atoms with Crippen LogP contribution in [0, 0.1) is 5.92 Å². The van der Waals surface area contributed by atoms with E-state index < -0.39 is 0 Å². The minimum absolute atomic E-state index is 0.234. The number of aliphatic imine (C=N–C) groups is 1. The van der Waals surface area contributed by atoms with Crippen LogP contribution in [0.15, 0.2) is 35.6 Å². The molecule has 0 aromatic carbocycles. The Hall–Kier alpha value is -2.08. The number of guanidine groups is 1. The lowest BCUT2D eigenvalue weighted by atomic mass is 10.0. The zero-order valence-corrected chi connectivity index (χ0v) is 15.4. The first-order chi connectivity index (χ1) is 12.3. The van der Waals surface area contributed by atoms with Gasteiger partial charge in [0.1, 0.15) is 5.65 Å². The molecule has 1 unspecified atom stereocenters. The number of pyridine rings is 1. The van der Waals surface area contributed by atoms with Crippen LogP contribution >= 0.6 is 0 Å². The number of aromatic nitrogens is 2. The van der Waals surface area contributed by atoms with E-state index in [2.05, 4.69) is 40.7 Å². The molecule has 0 fully saturated rings. The van der Waals surface area contributed by atoms with Crippen LogP contribution in [0.3, 0.4) is 0 Å². The molecule has 0 aliphatic carbocycles. The van der Waals surface area contributed by atoms with Crippen LogP contribution in [0.5, 0.6) is 0 Å². The normalized spacial score (nSPS) is 13.2. The molecule has 0 bridgehead atoms. The predicted octanol–water partition coefficient (Wildman–Crippen LogP) is 2.23. The summed E-state index contributed by atoms with van der Waals surface area (Å²) in [5, 5.41) is 15.8. The van der Waals surface area contributed by atoms with E-state index in [0.29, 0.717) is 5.92 Å². The molecule has 0 saturated carbocycles. The first kappa shape index (κ1) is 19.2. The molecule has 1 atom stereocenters. The molecule has 138 valence electrons. The minimum atomic E-state index is 0.234. The molecule has 0 aliphatic rings. The summed E-state index contributed by atoms with van der Waals surface area (Å²) in [7, 11) is 0. The number of hydrogen-bond donors (Lipinski definition) is 3. The summed E-state index contributed by atoms with van der Waals surface area (Å²) in [6.45, 7) is 6.84. The maximum Gasteiger partial charge on any atom is 0.191 e. The largest absolute Gasteiger partial charge is 0.396 e. The molecule has 2 aromatic heterocycles. The van der Waals surface area contributed by atoms with Gasteiger partial charge in [-0.05, 0) is 37.8 Å². The van der Waals surface area contributed by atoms with Gasteiger partial charge in [-0.2, -0.15) is 0 Å². The molecule has 6 nitrogen and oxygen atoms in total. The van der Waals surface area contributed by atoms with Crippen molar-refractivity contribution in [2.24, 2.45) is 10.9 Å². The van der Waals surface area contributed by atoms with E-state index in [4.69, 9.17) is 0 Å². The van der Waals surface area contributed by atoms with E-state index in [9.17, 15) is 5.11 Å². The first-order valence-corrected chi connectivity index (χ1v) is 9.32. The quantitative estimate of drug-likeness (QED) is 0.456. The molecule has 0 aliphatic heterocycles. The molecular formula is C19H31N5O. The third kappa shape index (κ3) is 6.38. The Labute approximate surface area is 150 Å². The van der Waals surface area contributed by atoms with Gasteiger partial charge in [-0.3, -0.25) is 4.99 Å². The van der Waals surface area contributed by atoms with Crippen molar-refractivity contribution >= 4 is 11.6 Å². The number of nitrogens with one attached hydrogen (secondary N) is 2. The zero-order chi connectivity index (χ0) is 17.9. The molecule has 0 spiro atoms. The zero-order valence-electron chi connectivity index (χ0n) is 15.4. The van der Waals surface area contributed by atoms with Crippen molar-refractivity contribution in [3.8, 4) is 0 Å². The summed E-state index contributed by atoms with van der Waals surface area (Å²) in [5.41, 5.74) is 2.04. The van der Waals surface area contributed by atoms with Gasteiger partial charge in [-0.1, -0.05) is 19.4 Å². The summed E-state index contributed by atoms with van der Waals surface area (Å²) < 4.78 is 2.04. The standard InChI is InChI=1S/C19H31N5O/c1-3-7-16(10-13-25)14-22-19(20-4-2)21-11-9-17-15-24-12-6-5-8-18(24)23-17/h5-6,8,12,15-16,25H,3-4,7,9-11,13-14H2,1-2H3,(H2,20,21,22). The predicted molar refractivity (Wildman–Crippen MR) is 103 cm³/mol. The Morgan fingerprint density at radius 2 is 2.16 bits per heavy atom. The van der Waals surface area contributed by atoms with Gasteiger partial charge in [-0.15, -0.1) is 0 Å². The van der Waals surface area contributed by atoms with Crippen LogP contribution in [0.25, 0.3) is 5.65 Å². The minimum Gasteiger partial charge on any atom is -0.396 e. The van der Waals surface area contributed by atoms with Crippen LogP contribution < -0.4 is 10.6 Å². The molecule has 2 rings (SSSR count). The first-order valence-electron chi connectivity index (χ1n) is 9.32. The second-order valence-electron chi connectivity index (χ2n) is 6.26. The number of rotatable bonds is 10. The van der Waals surface area contributed by atoms with Gasteiger partial charge < -0.3 is 20.1 Å². The number of aliphatic hydroxyl groups is 1. The van der Waals surface area contributed by atoms with Gasteiger partial charge in [0.25, 0.3) is 0 Å². The van der Waals surface area contributed by atoms with E-state index in [1.54, 1.807) is 0 Å². The second kappa shape index (κ2) is 10.7. The van der Waals surface area contributed by atoms with Crippen molar-refractivity contribution in [1.82, 2.24) is 20.0 Å². The third-order valence-electron chi connectivity index (χ3n) is 4.17. The Bertz CT molecular complexity index is 613. The van der Waals surface area contributed by atoms with Crippen LogP contribution in [-0.4, -0.2) is 46.7 Å². The van der Waals surface area contributed by atoms with Crippen molar-refractivity contribution < 1.29 is 5.11 Å². The average molecular weight is 345 g/mol. The number of hydrogen-bond acceptors (Lipinski definition) is 3. The summed E-state index contributed by atoms with van der Waals surface area (Å²) in [5.74, 6) is 1.29. The van der Waals surface area contributed by atoms with Crippen molar-refractivity contribution in [2.75, 3.05) is 26.2 Å². The molecular weight excluding hydrogens is 314 g/mol. The van der Waals surface area contributed by atoms with E-state index in [1.165, 1.54) is 0 Å². The van der Waals surface area contributed by atoms with Crippen LogP contribution in [-0.2, 0) is 6.42 Å². The maximum absolute atomic E-state index is 9.17. The van der Waals surface area contributed by atoms with E-state index >= 15 is 0 Å². The second-order valence-corrected chi connectivity index (χ2v) is 6.26. The van der Waals surface area contributed by atoms with Crippen molar-refractivity contribution in [2.45, 2.75) is 39.5 Å². The van der Waals surface area contributed by atoms with Gasteiger partial charge in [-0.25, -0.2) is 4.98 Å². The van der Waals surface area contributed by atoms with Crippen LogP contribution in [0.2, 0.25) is 0 Å². The number of aliphatic hydroxyl groups excluding tert-OH is 1. The van der Waals surface area contributed by atoms with E-state index in [-0.39, 0.29) is 6.61 Å². The monoisotopic (exact) mass is 345 g/mol. The lowest BCUT2D eigenvalue weighted by Gasteiger charge is -2.15. The fourth-order valence-electron chi connectivity index (χ4n) is 2.90. The number of fused-ring (bicyclic) bond motifs is 1. The maximum atomic E-state index is 9.17. The molecule has 0 saturated heterocycles. The fraction of sp³-hybridized carbons (Fsp3) is 0.579. The van der Waals surface area contributed by atoms with E-state index in [0.717, 1.165) is 62.6 Å². The summed E-state index contributed by atoms with van der Waals surface area (Å²) in [6.07, 6.45) is 7.97. The summed E-state index contributed by atoms with van der Waals surface area (Å²) in [6, 6.07) is 6.02. The Morgan fingerprint density at radius 3 is 2.88 bits per heavy atom. The van der Waals surface area contributed by atoms with Crippen molar-refractivity contribution in [1.29, 1.82) is 0 Å². The topological polar surface area (TPSA) is 74.0 Å². The molecule has 2 heterocycles. The van der Waals surface area contributed by atoms with Gasteiger partial charge in [0.15, 0.2) is 5.96 Å². The lowest BCUT2D eigenvalue weighted by molar-refractivity contribution is 0.253. The molecule has 3 N–H and O–H groups in total. The molecule has 0 radical (unpaired) electrons. The van der Waals surface area contributed by atoms with Crippen LogP contribution in [0.1, 0.15) is 38.8 Å². The van der Waals surface area contributed by atoms with Gasteiger partial charge in [0, 0.05) is 45.1 Å². The highest BCUT2D eigenvalue weighted by atomic mass is 16.3. The highest BCUT2D eigenvalue weighted by Crippen LogP contribution is 2.11. The molecule has 6 heteroatoms. The highest BCUT2D eigenvalue weighted by Gasteiger charge is 2.07. The third-order valence-corrected chi connectivity index (χ3v) is 4.17. The van der Waals surface area contributed by atoms with Gasteiger partial charge in [0.2, 0.25) is 0 Å². The van der Waals surface area contributed by atoms with Gasteiger partial charge in [0.05, 0.1) is 5.69 Å². The summed E-state index contributed by atoms with van der Waals surface area (Å²) in [4.78, 5) is 9.30. The van der Waals surface area contributed by atoms with Crippen LogP contribution in [0.4, 0.5) is 0 Å². The Kier molecular flexibility index (Phi) is 8.25. The SMILES string of the molecule is CCCC(CCO)CN=C(NCC)NCCc1cn2ccccc2n1. The Balaban J connectivity index is 1.86. The lowest BCUT2D eigenvalue weighted by Crippen LogP contribution is -2.38. The number of nitrogens with zero attached hydrogens (tertiary/aromatic N) is 3. The van der Waals surface area contributed by atoms with Gasteiger partial charge >= 0.3 is 0 Å². The highest BCUT2D eigenvalue weighted by molar-refractivity contribution is 5.79.